The summed E-state index contributed by atoms with van der Waals surface area (Å²) < 4.78 is 16.2. The van der Waals surface area contributed by atoms with Gasteiger partial charge in [-0.1, -0.05) is 36.4 Å². The van der Waals surface area contributed by atoms with Crippen LogP contribution in [0.4, 0.5) is 4.39 Å². The van der Waals surface area contributed by atoms with E-state index in [2.05, 4.69) is 39.2 Å². The van der Waals surface area contributed by atoms with E-state index in [1.54, 1.807) is 10.7 Å². The minimum atomic E-state index is -0.208. The normalized spacial score (nSPS) is 18.5. The van der Waals surface area contributed by atoms with Crippen molar-refractivity contribution < 1.29 is 4.39 Å². The lowest BCUT2D eigenvalue weighted by Crippen LogP contribution is -2.38. The molecule has 0 radical (unpaired) electrons. The molecule has 0 spiro atoms. The van der Waals surface area contributed by atoms with Crippen molar-refractivity contribution in [1.82, 2.24) is 19.6 Å². The average Bonchev–Trinajstić information content (AvgIpc) is 3.25. The third-order valence-corrected chi connectivity index (χ3v) is 6.60. The summed E-state index contributed by atoms with van der Waals surface area (Å²) in [4.78, 5) is 5.18. The molecular weight excluding hydrogens is 375 g/mol. The Balaban J connectivity index is 1.26. The number of fused-ring (bicyclic) bond motifs is 1. The van der Waals surface area contributed by atoms with Gasteiger partial charge in [0.15, 0.2) is 0 Å². The minimum Gasteiger partial charge on any atom is -0.298 e. The Hall–Kier alpha value is -2.50. The zero-order valence-electron chi connectivity index (χ0n) is 17.6. The van der Waals surface area contributed by atoms with Crippen LogP contribution in [-0.2, 0) is 26.4 Å². The first-order valence-electron chi connectivity index (χ1n) is 11.0. The van der Waals surface area contributed by atoms with Crippen molar-refractivity contribution in [2.75, 3.05) is 26.2 Å². The molecule has 4 nitrogen and oxygen atoms in total. The minimum absolute atomic E-state index is 0.208. The number of hydrogen-bond acceptors (Lipinski definition) is 3. The Morgan fingerprint density at radius 2 is 1.67 bits per heavy atom. The summed E-state index contributed by atoms with van der Waals surface area (Å²) in [5, 5.41) is 4.57. The van der Waals surface area contributed by atoms with Crippen LogP contribution in [0.25, 0.3) is 11.3 Å². The van der Waals surface area contributed by atoms with Crippen LogP contribution in [0.2, 0.25) is 0 Å². The summed E-state index contributed by atoms with van der Waals surface area (Å²) in [7, 11) is 1.91. The SMILES string of the molecule is Cn1cc(CN2CCCN(C3Cc4ccccc4C3)CC2)c(-c2ccccc2F)n1. The van der Waals surface area contributed by atoms with E-state index < -0.39 is 0 Å². The number of benzene rings is 2. The summed E-state index contributed by atoms with van der Waals surface area (Å²) in [5.74, 6) is -0.208. The maximum Gasteiger partial charge on any atom is 0.132 e. The van der Waals surface area contributed by atoms with E-state index >= 15 is 0 Å². The van der Waals surface area contributed by atoms with Gasteiger partial charge in [0.05, 0.1) is 5.69 Å². The van der Waals surface area contributed by atoms with Gasteiger partial charge in [-0.05, 0) is 55.6 Å². The number of halogens is 1. The molecule has 0 unspecified atom stereocenters. The van der Waals surface area contributed by atoms with E-state index in [9.17, 15) is 4.39 Å². The van der Waals surface area contributed by atoms with Gasteiger partial charge >= 0.3 is 0 Å². The molecule has 0 N–H and O–H groups in total. The monoisotopic (exact) mass is 404 g/mol. The van der Waals surface area contributed by atoms with Gasteiger partial charge in [0.2, 0.25) is 0 Å². The Morgan fingerprint density at radius 1 is 0.933 bits per heavy atom. The van der Waals surface area contributed by atoms with Crippen molar-refractivity contribution in [2.45, 2.75) is 31.8 Å². The molecule has 2 heterocycles. The van der Waals surface area contributed by atoms with E-state index in [1.807, 2.05) is 25.4 Å². The molecule has 1 saturated heterocycles. The van der Waals surface area contributed by atoms with Crippen LogP contribution in [-0.4, -0.2) is 51.8 Å². The maximum absolute atomic E-state index is 14.4. The predicted molar refractivity (Wildman–Crippen MR) is 118 cm³/mol. The first-order chi connectivity index (χ1) is 14.7. The number of aryl methyl sites for hydroxylation is 1. The summed E-state index contributed by atoms with van der Waals surface area (Å²) in [5.41, 5.74) is 5.50. The number of aromatic nitrogens is 2. The van der Waals surface area contributed by atoms with Crippen molar-refractivity contribution in [1.29, 1.82) is 0 Å². The summed E-state index contributed by atoms with van der Waals surface area (Å²) in [6, 6.07) is 16.5. The van der Waals surface area contributed by atoms with Gasteiger partial charge in [0, 0.05) is 50.0 Å². The molecular formula is C25H29FN4. The van der Waals surface area contributed by atoms with Gasteiger partial charge < -0.3 is 0 Å². The molecule has 2 aliphatic rings. The lowest BCUT2D eigenvalue weighted by Gasteiger charge is -2.27. The van der Waals surface area contributed by atoms with Crippen LogP contribution in [0.5, 0.6) is 0 Å². The molecule has 0 bridgehead atoms. The Labute approximate surface area is 177 Å². The van der Waals surface area contributed by atoms with Gasteiger partial charge in [-0.25, -0.2) is 4.39 Å². The van der Waals surface area contributed by atoms with E-state index in [0.717, 1.165) is 44.0 Å². The van der Waals surface area contributed by atoms with Gasteiger partial charge in [-0.3, -0.25) is 14.5 Å². The lowest BCUT2D eigenvalue weighted by atomic mass is 10.1. The first-order valence-corrected chi connectivity index (χ1v) is 11.0. The van der Waals surface area contributed by atoms with E-state index in [1.165, 1.54) is 36.5 Å². The fourth-order valence-corrected chi connectivity index (χ4v) is 5.08. The van der Waals surface area contributed by atoms with Crippen LogP contribution in [0, 0.1) is 5.82 Å². The van der Waals surface area contributed by atoms with Crippen LogP contribution < -0.4 is 0 Å². The summed E-state index contributed by atoms with van der Waals surface area (Å²) >= 11 is 0. The van der Waals surface area contributed by atoms with Crippen molar-refractivity contribution >= 4 is 0 Å². The largest absolute Gasteiger partial charge is 0.298 e. The van der Waals surface area contributed by atoms with Gasteiger partial charge in [-0.2, -0.15) is 5.10 Å². The highest BCUT2D eigenvalue weighted by atomic mass is 19.1. The number of hydrogen-bond donors (Lipinski definition) is 0. The quantitative estimate of drug-likeness (QED) is 0.659. The maximum atomic E-state index is 14.4. The lowest BCUT2D eigenvalue weighted by molar-refractivity contribution is 0.201. The molecule has 156 valence electrons. The van der Waals surface area contributed by atoms with Gasteiger partial charge in [0.1, 0.15) is 5.82 Å². The molecule has 2 aromatic carbocycles. The Morgan fingerprint density at radius 3 is 2.43 bits per heavy atom. The van der Waals surface area contributed by atoms with Crippen molar-refractivity contribution in [2.24, 2.45) is 7.05 Å². The zero-order chi connectivity index (χ0) is 20.5. The highest BCUT2D eigenvalue weighted by Gasteiger charge is 2.28. The average molecular weight is 405 g/mol. The summed E-state index contributed by atoms with van der Waals surface area (Å²) in [6.07, 6.45) is 5.56. The second-order valence-corrected chi connectivity index (χ2v) is 8.65. The molecule has 0 amide bonds. The standard InChI is InChI=1S/C25H29FN4/c1-28-17-21(25(27-28)23-9-4-5-10-24(23)26)18-29-11-6-12-30(14-13-29)22-15-19-7-2-3-8-20(19)16-22/h2-5,7-10,17,22H,6,11-16,18H2,1H3. The molecule has 3 aromatic rings. The molecule has 1 aliphatic heterocycles. The molecule has 1 aliphatic carbocycles. The molecule has 1 fully saturated rings. The number of nitrogens with zero attached hydrogens (tertiary/aromatic N) is 4. The fraction of sp³-hybridized carbons (Fsp3) is 0.400. The summed E-state index contributed by atoms with van der Waals surface area (Å²) in [6.45, 7) is 5.17. The smallest absolute Gasteiger partial charge is 0.132 e. The van der Waals surface area contributed by atoms with E-state index in [-0.39, 0.29) is 5.82 Å². The Kier molecular flexibility index (Phi) is 5.40. The highest BCUT2D eigenvalue weighted by Crippen LogP contribution is 2.28. The van der Waals surface area contributed by atoms with Crippen LogP contribution in [0.3, 0.4) is 0 Å². The van der Waals surface area contributed by atoms with Gasteiger partial charge in [-0.15, -0.1) is 0 Å². The molecule has 5 rings (SSSR count). The van der Waals surface area contributed by atoms with Crippen molar-refractivity contribution in [3.8, 4) is 11.3 Å². The molecule has 30 heavy (non-hydrogen) atoms. The number of rotatable bonds is 4. The molecule has 1 aromatic heterocycles. The molecule has 5 heteroatoms. The third-order valence-electron chi connectivity index (χ3n) is 6.60. The topological polar surface area (TPSA) is 24.3 Å². The fourth-order valence-electron chi connectivity index (χ4n) is 5.08. The van der Waals surface area contributed by atoms with Gasteiger partial charge in [0.25, 0.3) is 0 Å². The second-order valence-electron chi connectivity index (χ2n) is 8.65. The zero-order valence-corrected chi connectivity index (χ0v) is 17.6. The molecule has 0 saturated carbocycles. The van der Waals surface area contributed by atoms with E-state index in [0.29, 0.717) is 11.6 Å². The van der Waals surface area contributed by atoms with Crippen LogP contribution in [0.1, 0.15) is 23.1 Å². The molecule has 0 atom stereocenters. The van der Waals surface area contributed by atoms with Crippen molar-refractivity contribution in [3.63, 3.8) is 0 Å². The second kappa shape index (κ2) is 8.32. The van der Waals surface area contributed by atoms with Crippen molar-refractivity contribution in [3.05, 3.63) is 77.2 Å². The van der Waals surface area contributed by atoms with Crippen LogP contribution in [0.15, 0.2) is 54.7 Å². The first kappa shape index (κ1) is 19.5. The third kappa shape index (κ3) is 3.92. The highest BCUT2D eigenvalue weighted by molar-refractivity contribution is 5.63. The van der Waals surface area contributed by atoms with E-state index in [4.69, 9.17) is 0 Å². The van der Waals surface area contributed by atoms with Crippen LogP contribution >= 0.6 is 0 Å². The Bertz CT molecular complexity index is 1000. The predicted octanol–water partition coefficient (Wildman–Crippen LogP) is 3.90.